The molecule has 0 aliphatic rings. The molecule has 17 heavy (non-hydrogen) atoms. The van der Waals surface area contributed by atoms with Gasteiger partial charge in [0.25, 0.3) is 0 Å². The molecule has 0 heterocycles. The Balaban J connectivity index is 3.76. The lowest BCUT2D eigenvalue weighted by Gasteiger charge is -2.14. The van der Waals surface area contributed by atoms with Crippen molar-refractivity contribution in [3.63, 3.8) is 0 Å². The molecule has 102 valence electrons. The van der Waals surface area contributed by atoms with E-state index in [-0.39, 0.29) is 18.3 Å². The second kappa shape index (κ2) is 12.1. The number of Topliss-reactive ketones (excluding diaryl/α,β-unsaturated/α-hetero) is 1. The lowest BCUT2D eigenvalue weighted by Crippen LogP contribution is -2.18. The van der Waals surface area contributed by atoms with Gasteiger partial charge in [-0.25, -0.2) is 0 Å². The second-order valence-corrected chi connectivity index (χ2v) is 5.02. The highest BCUT2D eigenvalue weighted by Gasteiger charge is 2.16. The van der Waals surface area contributed by atoms with Gasteiger partial charge in [-0.2, -0.15) is 0 Å². The Morgan fingerprint density at radius 1 is 0.882 bits per heavy atom. The van der Waals surface area contributed by atoms with E-state index < -0.39 is 0 Å². The topological polar surface area (TPSA) is 37.3 Å². The lowest BCUT2D eigenvalue weighted by molar-refractivity contribution is -0.126. The minimum Gasteiger partial charge on any atom is -0.389 e. The van der Waals surface area contributed by atoms with E-state index in [0.717, 1.165) is 25.7 Å². The molecule has 2 heteroatoms. The van der Waals surface area contributed by atoms with Gasteiger partial charge in [0.2, 0.25) is 0 Å². The van der Waals surface area contributed by atoms with E-state index in [1.165, 1.54) is 38.5 Å². The Morgan fingerprint density at radius 2 is 1.35 bits per heavy atom. The summed E-state index contributed by atoms with van der Waals surface area (Å²) in [5.41, 5.74) is 0. The maximum absolute atomic E-state index is 11.6. The van der Waals surface area contributed by atoms with Gasteiger partial charge >= 0.3 is 0 Å². The molecule has 0 spiro atoms. The molecule has 0 saturated heterocycles. The van der Waals surface area contributed by atoms with Crippen LogP contribution in [0.2, 0.25) is 0 Å². The summed E-state index contributed by atoms with van der Waals surface area (Å²) in [7, 11) is 0. The molecule has 1 N–H and O–H groups in total. The van der Waals surface area contributed by atoms with Crippen LogP contribution in [-0.2, 0) is 4.79 Å². The molecular weight excluding hydrogens is 212 g/mol. The van der Waals surface area contributed by atoms with Crippen LogP contribution in [0.1, 0.15) is 78.1 Å². The van der Waals surface area contributed by atoms with Crippen molar-refractivity contribution in [3.8, 4) is 0 Å². The summed E-state index contributed by atoms with van der Waals surface area (Å²) in [5.74, 6) is 0.173. The number of carbonyl (C=O) groups is 1. The highest BCUT2D eigenvalue weighted by Crippen LogP contribution is 2.19. The molecule has 0 rings (SSSR count). The van der Waals surface area contributed by atoms with Crippen LogP contribution in [0.5, 0.6) is 0 Å². The van der Waals surface area contributed by atoms with E-state index in [0.29, 0.717) is 0 Å². The first-order valence-corrected chi connectivity index (χ1v) is 7.39. The quantitative estimate of drug-likeness (QED) is 0.523. The summed E-state index contributed by atoms with van der Waals surface area (Å²) in [6.07, 6.45) is 11.7. The molecule has 0 aromatic heterocycles. The molecule has 0 aliphatic carbocycles. The summed E-state index contributed by atoms with van der Waals surface area (Å²) < 4.78 is 0. The summed E-state index contributed by atoms with van der Waals surface area (Å²) in [6.45, 7) is 4.12. The monoisotopic (exact) mass is 242 g/mol. The van der Waals surface area contributed by atoms with Crippen LogP contribution in [0.15, 0.2) is 0 Å². The first-order chi connectivity index (χ1) is 8.26. The molecule has 0 amide bonds. The molecule has 0 saturated carbocycles. The average molecular weight is 242 g/mol. The largest absolute Gasteiger partial charge is 0.389 e. The Kier molecular flexibility index (Phi) is 11.8. The minimum atomic E-state index is -0.272. The third kappa shape index (κ3) is 9.34. The molecule has 0 aromatic carbocycles. The zero-order valence-electron chi connectivity index (χ0n) is 11.7. The Bertz CT molecular complexity index is 166. The number of rotatable bonds is 12. The number of hydrogen-bond acceptors (Lipinski definition) is 2. The van der Waals surface area contributed by atoms with Gasteiger partial charge in [0.15, 0.2) is 5.78 Å². The predicted molar refractivity (Wildman–Crippen MR) is 73.1 cm³/mol. The summed E-state index contributed by atoms with van der Waals surface area (Å²) >= 11 is 0. The molecule has 0 aliphatic heterocycles. The van der Waals surface area contributed by atoms with Crippen molar-refractivity contribution in [2.24, 2.45) is 5.92 Å². The van der Waals surface area contributed by atoms with Gasteiger partial charge in [-0.1, -0.05) is 65.2 Å². The Labute approximate surface area is 107 Å². The minimum absolute atomic E-state index is 0.0537. The van der Waals surface area contributed by atoms with Crippen LogP contribution >= 0.6 is 0 Å². The second-order valence-electron chi connectivity index (χ2n) is 5.02. The zero-order chi connectivity index (χ0) is 12.9. The molecule has 0 radical (unpaired) electrons. The van der Waals surface area contributed by atoms with Gasteiger partial charge in [0.1, 0.15) is 6.61 Å². The zero-order valence-corrected chi connectivity index (χ0v) is 11.7. The standard InChI is InChI=1S/C15H30O2/c1-3-5-7-9-11-14(15(17)13-16)12-10-8-6-4-2/h14,16H,3-13H2,1-2H3. The van der Waals surface area contributed by atoms with E-state index in [1.54, 1.807) is 0 Å². The highest BCUT2D eigenvalue weighted by molar-refractivity contribution is 5.81. The lowest BCUT2D eigenvalue weighted by atomic mass is 9.91. The Hall–Kier alpha value is -0.370. The number of ketones is 1. The summed E-state index contributed by atoms with van der Waals surface area (Å²) in [5, 5.41) is 8.96. The SMILES string of the molecule is CCCCCCC(CCCCCC)C(=O)CO. The van der Waals surface area contributed by atoms with E-state index in [4.69, 9.17) is 5.11 Å². The van der Waals surface area contributed by atoms with E-state index in [9.17, 15) is 4.79 Å². The van der Waals surface area contributed by atoms with Gasteiger partial charge < -0.3 is 5.11 Å². The van der Waals surface area contributed by atoms with Crippen LogP contribution in [0.3, 0.4) is 0 Å². The number of hydrogen-bond donors (Lipinski definition) is 1. The highest BCUT2D eigenvalue weighted by atomic mass is 16.3. The molecule has 0 aromatic rings. The van der Waals surface area contributed by atoms with Crippen LogP contribution in [0.25, 0.3) is 0 Å². The van der Waals surface area contributed by atoms with Crippen LogP contribution in [0, 0.1) is 5.92 Å². The fourth-order valence-electron chi connectivity index (χ4n) is 2.23. The smallest absolute Gasteiger partial charge is 0.161 e. The van der Waals surface area contributed by atoms with Crippen molar-refractivity contribution >= 4 is 5.78 Å². The van der Waals surface area contributed by atoms with Crippen molar-refractivity contribution in [1.29, 1.82) is 0 Å². The number of aliphatic hydroxyl groups excluding tert-OH is 1. The van der Waals surface area contributed by atoms with Gasteiger partial charge in [-0.3, -0.25) is 4.79 Å². The molecular formula is C15H30O2. The third-order valence-corrected chi connectivity index (χ3v) is 3.42. The Morgan fingerprint density at radius 3 is 1.71 bits per heavy atom. The number of unbranched alkanes of at least 4 members (excludes halogenated alkanes) is 6. The van der Waals surface area contributed by atoms with Crippen molar-refractivity contribution in [3.05, 3.63) is 0 Å². The molecule has 0 unspecified atom stereocenters. The predicted octanol–water partition coefficient (Wildman–Crippen LogP) is 4.10. The number of aliphatic hydroxyl groups is 1. The molecule has 0 atom stereocenters. The molecule has 0 fully saturated rings. The van der Waals surface area contributed by atoms with Gasteiger partial charge in [-0.15, -0.1) is 0 Å². The van der Waals surface area contributed by atoms with Crippen molar-refractivity contribution < 1.29 is 9.90 Å². The van der Waals surface area contributed by atoms with Crippen molar-refractivity contribution in [2.45, 2.75) is 78.1 Å². The van der Waals surface area contributed by atoms with E-state index in [2.05, 4.69) is 13.8 Å². The van der Waals surface area contributed by atoms with Crippen LogP contribution in [-0.4, -0.2) is 17.5 Å². The third-order valence-electron chi connectivity index (χ3n) is 3.42. The maximum atomic E-state index is 11.6. The van der Waals surface area contributed by atoms with Crippen molar-refractivity contribution in [2.75, 3.05) is 6.61 Å². The van der Waals surface area contributed by atoms with Gasteiger partial charge in [-0.05, 0) is 12.8 Å². The van der Waals surface area contributed by atoms with E-state index >= 15 is 0 Å². The van der Waals surface area contributed by atoms with Gasteiger partial charge in [0, 0.05) is 5.92 Å². The van der Waals surface area contributed by atoms with Crippen LogP contribution in [0.4, 0.5) is 0 Å². The maximum Gasteiger partial charge on any atom is 0.161 e. The molecule has 0 bridgehead atoms. The van der Waals surface area contributed by atoms with Gasteiger partial charge in [0.05, 0.1) is 0 Å². The normalized spacial score (nSPS) is 11.1. The van der Waals surface area contributed by atoms with E-state index in [1.807, 2.05) is 0 Å². The summed E-state index contributed by atoms with van der Waals surface area (Å²) in [4.78, 5) is 11.6. The fourth-order valence-corrected chi connectivity index (χ4v) is 2.23. The first kappa shape index (κ1) is 16.6. The van der Waals surface area contributed by atoms with Crippen molar-refractivity contribution in [1.82, 2.24) is 0 Å². The fraction of sp³-hybridized carbons (Fsp3) is 0.933. The first-order valence-electron chi connectivity index (χ1n) is 7.39. The average Bonchev–Trinajstić information content (AvgIpc) is 2.36. The molecule has 2 nitrogen and oxygen atoms in total. The van der Waals surface area contributed by atoms with Crippen LogP contribution < -0.4 is 0 Å². The number of carbonyl (C=O) groups excluding carboxylic acids is 1. The summed E-state index contributed by atoms with van der Waals surface area (Å²) in [6, 6.07) is 0.